The molecule has 1 amide bonds. The van der Waals surface area contributed by atoms with E-state index in [1.807, 2.05) is 4.90 Å². The Balaban J connectivity index is 1.92. The molecule has 2 fully saturated rings. The summed E-state index contributed by atoms with van der Waals surface area (Å²) in [7, 11) is 0.841. The molecule has 1 N–H and O–H groups in total. The molecule has 3 heterocycles. The SMILES string of the molecule is CC1=C(O)CC2CN(CB=O)C3C(=O)N1[C@H]23. The van der Waals surface area contributed by atoms with E-state index in [2.05, 4.69) is 0 Å². The number of rotatable bonds is 2. The summed E-state index contributed by atoms with van der Waals surface area (Å²) < 4.78 is 10.5. The monoisotopic (exact) mass is 220 g/mol. The van der Waals surface area contributed by atoms with Crippen molar-refractivity contribution in [3.8, 4) is 0 Å². The summed E-state index contributed by atoms with van der Waals surface area (Å²) in [6, 6.07) is 0.0570. The van der Waals surface area contributed by atoms with Crippen molar-refractivity contribution in [3.05, 3.63) is 11.5 Å². The Kier molecular flexibility index (Phi) is 1.98. The summed E-state index contributed by atoms with van der Waals surface area (Å²) in [5, 5.41) is 9.75. The molecule has 0 saturated carbocycles. The van der Waals surface area contributed by atoms with Crippen LogP contribution in [0.2, 0.25) is 0 Å². The van der Waals surface area contributed by atoms with Gasteiger partial charge in [-0.25, -0.2) is 0 Å². The molecule has 0 aromatic carbocycles. The van der Waals surface area contributed by atoms with Crippen molar-refractivity contribution in [1.82, 2.24) is 9.80 Å². The molecule has 0 radical (unpaired) electrons. The number of aliphatic hydroxyl groups is 1. The van der Waals surface area contributed by atoms with E-state index in [1.54, 1.807) is 11.8 Å². The number of amides is 1. The van der Waals surface area contributed by atoms with Gasteiger partial charge in [0.05, 0.1) is 0 Å². The Labute approximate surface area is 94.0 Å². The van der Waals surface area contributed by atoms with Gasteiger partial charge < -0.3 is 0 Å². The minimum atomic E-state index is -0.127. The molecule has 0 spiro atoms. The predicted octanol–water partition coefficient (Wildman–Crippen LogP) is -0.302. The number of β-lactam (4-membered cyclic amide) rings is 1. The van der Waals surface area contributed by atoms with E-state index >= 15 is 0 Å². The fourth-order valence-corrected chi connectivity index (χ4v) is 3.25. The number of carbonyl (C=O) groups excluding carboxylic acids is 1. The molecular weight excluding hydrogens is 207 g/mol. The number of aliphatic hydroxyl groups excluding tert-OH is 1. The van der Waals surface area contributed by atoms with E-state index < -0.39 is 0 Å². The van der Waals surface area contributed by atoms with Crippen LogP contribution in [0.5, 0.6) is 0 Å². The average molecular weight is 220 g/mol. The Hall–Kier alpha value is -1.17. The summed E-state index contributed by atoms with van der Waals surface area (Å²) in [5.74, 6) is 0.630. The van der Waals surface area contributed by atoms with Gasteiger partial charge in [0.2, 0.25) is 0 Å². The van der Waals surface area contributed by atoms with Gasteiger partial charge in [-0.05, 0) is 0 Å². The number of nitrogens with zero attached hydrogens (tertiary/aromatic N) is 2. The normalized spacial score (nSPS) is 37.2. The second kappa shape index (κ2) is 3.16. The van der Waals surface area contributed by atoms with Crippen LogP contribution < -0.4 is 0 Å². The quantitative estimate of drug-likeness (QED) is 0.512. The fourth-order valence-electron chi connectivity index (χ4n) is 3.25. The first-order chi connectivity index (χ1) is 7.65. The van der Waals surface area contributed by atoms with Gasteiger partial charge in [-0.1, -0.05) is 0 Å². The number of hydrogen-bond donors (Lipinski definition) is 1. The molecular formula is C10H13BN2O3. The zero-order valence-corrected chi connectivity index (χ0v) is 9.09. The Morgan fingerprint density at radius 2 is 2.31 bits per heavy atom. The molecule has 0 bridgehead atoms. The molecule has 3 aliphatic rings. The minimum absolute atomic E-state index is 0.0260. The molecule has 5 nitrogen and oxygen atoms in total. The van der Waals surface area contributed by atoms with E-state index in [1.165, 1.54) is 0 Å². The molecule has 3 aliphatic heterocycles. The molecule has 3 atom stereocenters. The van der Waals surface area contributed by atoms with Gasteiger partial charge in [-0.15, -0.1) is 0 Å². The van der Waals surface area contributed by atoms with Crippen LogP contribution >= 0.6 is 0 Å². The van der Waals surface area contributed by atoms with E-state index in [-0.39, 0.29) is 23.9 Å². The van der Waals surface area contributed by atoms with Crippen LogP contribution in [0.1, 0.15) is 13.3 Å². The zero-order valence-electron chi connectivity index (χ0n) is 9.09. The number of hydrogen-bond acceptors (Lipinski definition) is 4. The van der Waals surface area contributed by atoms with Crippen LogP contribution in [0.4, 0.5) is 0 Å². The van der Waals surface area contributed by atoms with Crippen LogP contribution in [0, 0.1) is 5.92 Å². The average Bonchev–Trinajstić information content (AvgIpc) is 2.54. The van der Waals surface area contributed by atoms with Gasteiger partial charge in [0.1, 0.15) is 0 Å². The van der Waals surface area contributed by atoms with Crippen LogP contribution in [0.15, 0.2) is 11.5 Å². The zero-order chi connectivity index (χ0) is 11.4. The van der Waals surface area contributed by atoms with Gasteiger partial charge in [-0.2, -0.15) is 0 Å². The van der Waals surface area contributed by atoms with Crippen molar-refractivity contribution in [2.45, 2.75) is 25.4 Å². The number of carbonyl (C=O) groups is 1. The molecule has 0 aromatic rings. The topological polar surface area (TPSA) is 60.9 Å². The Morgan fingerprint density at radius 1 is 1.56 bits per heavy atom. The third kappa shape index (κ3) is 1.03. The van der Waals surface area contributed by atoms with Gasteiger partial charge in [0, 0.05) is 0 Å². The molecule has 2 unspecified atom stereocenters. The van der Waals surface area contributed by atoms with Crippen molar-refractivity contribution in [2.24, 2.45) is 5.92 Å². The van der Waals surface area contributed by atoms with Gasteiger partial charge in [0.25, 0.3) is 0 Å². The first kappa shape index (κ1) is 10.0. The van der Waals surface area contributed by atoms with Crippen molar-refractivity contribution in [3.63, 3.8) is 0 Å². The molecule has 0 aliphatic carbocycles. The van der Waals surface area contributed by atoms with Crippen LogP contribution in [0.3, 0.4) is 0 Å². The summed E-state index contributed by atoms with van der Waals surface area (Å²) in [6.07, 6.45) is 0.948. The van der Waals surface area contributed by atoms with Crippen molar-refractivity contribution in [2.75, 3.05) is 13.0 Å². The second-order valence-electron chi connectivity index (χ2n) is 4.76. The maximum atomic E-state index is 11.9. The predicted molar refractivity (Wildman–Crippen MR) is 55.9 cm³/mol. The number of allylic oxidation sites excluding steroid dienone is 2. The van der Waals surface area contributed by atoms with Crippen LogP contribution in [-0.2, 0) is 9.50 Å². The third-order valence-electron chi connectivity index (χ3n) is 4.00. The standard InChI is InChI=1S/C10H13BN2O3/c1-5-7(14)2-6-3-12(4-11-16)9-8(6)13(5)10(9)15/h6,8-9,14H,2-4H2,1H3/t6?,8-,9?/m1/s1. The molecule has 84 valence electrons. The van der Waals surface area contributed by atoms with Gasteiger partial charge in [0.15, 0.2) is 0 Å². The van der Waals surface area contributed by atoms with E-state index in [9.17, 15) is 14.6 Å². The van der Waals surface area contributed by atoms with Crippen LogP contribution in [0.25, 0.3) is 0 Å². The Bertz CT molecular complexity index is 409. The van der Waals surface area contributed by atoms with Gasteiger partial charge >= 0.3 is 93.3 Å². The molecule has 0 aromatic heterocycles. The fraction of sp³-hybridized carbons (Fsp3) is 0.700. The first-order valence-electron chi connectivity index (χ1n) is 5.54. The van der Waals surface area contributed by atoms with Crippen molar-refractivity contribution < 1.29 is 14.6 Å². The van der Waals surface area contributed by atoms with E-state index in [4.69, 9.17) is 0 Å². The molecule has 6 heteroatoms. The first-order valence-corrected chi connectivity index (χ1v) is 5.54. The van der Waals surface area contributed by atoms with E-state index in [0.717, 1.165) is 13.7 Å². The van der Waals surface area contributed by atoms with E-state index in [0.29, 0.717) is 24.3 Å². The van der Waals surface area contributed by atoms with Crippen molar-refractivity contribution in [1.29, 1.82) is 0 Å². The number of likely N-dealkylation sites (tertiary alicyclic amines) is 1. The maximum absolute atomic E-state index is 11.9. The summed E-state index contributed by atoms with van der Waals surface area (Å²) in [4.78, 5) is 15.5. The van der Waals surface area contributed by atoms with Crippen LogP contribution in [-0.4, -0.2) is 53.0 Å². The third-order valence-corrected chi connectivity index (χ3v) is 4.00. The van der Waals surface area contributed by atoms with Crippen molar-refractivity contribution >= 4 is 13.1 Å². The summed E-state index contributed by atoms with van der Waals surface area (Å²) in [5.41, 5.74) is 0.690. The Morgan fingerprint density at radius 3 is 3.00 bits per heavy atom. The molecule has 16 heavy (non-hydrogen) atoms. The molecule has 3 rings (SSSR count). The molecule has 2 saturated heterocycles. The summed E-state index contributed by atoms with van der Waals surface area (Å²) in [6.45, 7) is 2.51. The van der Waals surface area contributed by atoms with Gasteiger partial charge in [-0.3, -0.25) is 0 Å². The second-order valence-corrected chi connectivity index (χ2v) is 4.76. The summed E-state index contributed by atoms with van der Waals surface area (Å²) >= 11 is 0.